The lowest BCUT2D eigenvalue weighted by Crippen LogP contribution is -2.13. The molecule has 0 radical (unpaired) electrons. The van der Waals surface area contributed by atoms with Crippen LogP contribution in [0.5, 0.6) is 0 Å². The highest BCUT2D eigenvalue weighted by Gasteiger charge is 2.37. The summed E-state index contributed by atoms with van der Waals surface area (Å²) in [6.07, 6.45) is 2.51. The van der Waals surface area contributed by atoms with Crippen LogP contribution in [0.4, 0.5) is 0 Å². The van der Waals surface area contributed by atoms with Crippen molar-refractivity contribution in [2.45, 2.75) is 40.0 Å². The van der Waals surface area contributed by atoms with E-state index in [1.807, 2.05) is 0 Å². The Hall–Kier alpha value is -0.530. The van der Waals surface area contributed by atoms with E-state index in [1.54, 1.807) is 0 Å². The van der Waals surface area contributed by atoms with Gasteiger partial charge in [0.05, 0.1) is 0 Å². The third-order valence-electron chi connectivity index (χ3n) is 3.30. The molecule has 1 aliphatic carbocycles. The van der Waals surface area contributed by atoms with Gasteiger partial charge in [0.2, 0.25) is 0 Å². The Labute approximate surface area is 74.0 Å². The molecule has 0 aromatic carbocycles. The van der Waals surface area contributed by atoms with Crippen molar-refractivity contribution in [3.05, 3.63) is 0 Å². The van der Waals surface area contributed by atoms with E-state index in [0.717, 1.165) is 12.8 Å². The molecule has 0 bridgehead atoms. The molecular formula is C10H18O2. The van der Waals surface area contributed by atoms with Gasteiger partial charge >= 0.3 is 5.97 Å². The van der Waals surface area contributed by atoms with Crippen molar-refractivity contribution >= 4 is 5.97 Å². The molecule has 1 rings (SSSR count). The zero-order valence-corrected chi connectivity index (χ0v) is 8.13. The molecular weight excluding hydrogens is 152 g/mol. The number of hydrogen-bond donors (Lipinski definition) is 1. The van der Waals surface area contributed by atoms with Crippen LogP contribution in [0.1, 0.15) is 40.0 Å². The van der Waals surface area contributed by atoms with Gasteiger partial charge in [-0.05, 0) is 30.1 Å². The number of rotatable bonds is 2. The van der Waals surface area contributed by atoms with Crippen LogP contribution in [0.2, 0.25) is 0 Å². The van der Waals surface area contributed by atoms with Crippen LogP contribution in [-0.4, -0.2) is 11.1 Å². The Balaban J connectivity index is 2.49. The predicted octanol–water partition coefficient (Wildman–Crippen LogP) is 2.53. The van der Waals surface area contributed by atoms with Crippen molar-refractivity contribution in [2.75, 3.05) is 0 Å². The van der Waals surface area contributed by atoms with E-state index >= 15 is 0 Å². The van der Waals surface area contributed by atoms with Crippen LogP contribution in [-0.2, 0) is 4.79 Å². The summed E-state index contributed by atoms with van der Waals surface area (Å²) in [5.41, 5.74) is 0.347. The summed E-state index contributed by atoms with van der Waals surface area (Å²) in [4.78, 5) is 10.5. The lowest BCUT2D eigenvalue weighted by atomic mass is 9.83. The van der Waals surface area contributed by atoms with Crippen LogP contribution in [0, 0.1) is 17.3 Å². The molecule has 0 spiro atoms. The van der Waals surface area contributed by atoms with Crippen LogP contribution in [0.3, 0.4) is 0 Å². The fraction of sp³-hybridized carbons (Fsp3) is 0.900. The lowest BCUT2D eigenvalue weighted by Gasteiger charge is -2.22. The standard InChI is InChI=1S/C10H18O2/c1-7-4-8(5-9(11)12)6-10(7,2)3/h7-8H,4-6H2,1-3H3,(H,11,12)/t7-,8-/m1/s1. The summed E-state index contributed by atoms with van der Waals surface area (Å²) >= 11 is 0. The first-order valence-electron chi connectivity index (χ1n) is 4.63. The van der Waals surface area contributed by atoms with E-state index in [4.69, 9.17) is 5.11 Å². The Morgan fingerprint density at radius 2 is 2.17 bits per heavy atom. The molecule has 12 heavy (non-hydrogen) atoms. The fourth-order valence-corrected chi connectivity index (χ4v) is 2.25. The van der Waals surface area contributed by atoms with Gasteiger partial charge in [-0.3, -0.25) is 4.79 Å². The van der Waals surface area contributed by atoms with Gasteiger partial charge in [0.25, 0.3) is 0 Å². The largest absolute Gasteiger partial charge is 0.481 e. The summed E-state index contributed by atoms with van der Waals surface area (Å²) in [6, 6.07) is 0. The molecule has 1 N–H and O–H groups in total. The van der Waals surface area contributed by atoms with Crippen LogP contribution in [0.15, 0.2) is 0 Å². The molecule has 2 atom stereocenters. The summed E-state index contributed by atoms with van der Waals surface area (Å²) in [5.74, 6) is 0.430. The second-order valence-electron chi connectivity index (χ2n) is 4.79. The van der Waals surface area contributed by atoms with Crippen LogP contribution in [0.25, 0.3) is 0 Å². The van der Waals surface area contributed by atoms with Gasteiger partial charge in [0.15, 0.2) is 0 Å². The molecule has 0 heterocycles. The van der Waals surface area contributed by atoms with E-state index in [9.17, 15) is 4.79 Å². The van der Waals surface area contributed by atoms with Crippen LogP contribution < -0.4 is 0 Å². The van der Waals surface area contributed by atoms with Crippen molar-refractivity contribution in [3.8, 4) is 0 Å². The maximum Gasteiger partial charge on any atom is 0.303 e. The van der Waals surface area contributed by atoms with E-state index in [0.29, 0.717) is 23.7 Å². The molecule has 0 amide bonds. The predicted molar refractivity (Wildman–Crippen MR) is 47.9 cm³/mol. The first kappa shape index (κ1) is 9.56. The highest BCUT2D eigenvalue weighted by atomic mass is 16.4. The molecule has 2 nitrogen and oxygen atoms in total. The van der Waals surface area contributed by atoms with E-state index < -0.39 is 5.97 Å². The van der Waals surface area contributed by atoms with E-state index in [1.165, 1.54) is 0 Å². The van der Waals surface area contributed by atoms with Crippen molar-refractivity contribution in [3.63, 3.8) is 0 Å². The second-order valence-corrected chi connectivity index (χ2v) is 4.79. The smallest absolute Gasteiger partial charge is 0.303 e. The average molecular weight is 170 g/mol. The number of hydrogen-bond acceptors (Lipinski definition) is 1. The Morgan fingerprint density at radius 1 is 1.58 bits per heavy atom. The Kier molecular flexibility index (Phi) is 2.45. The maximum absolute atomic E-state index is 10.5. The summed E-state index contributed by atoms with van der Waals surface area (Å²) in [7, 11) is 0. The maximum atomic E-state index is 10.5. The third kappa shape index (κ3) is 1.99. The van der Waals surface area contributed by atoms with Gasteiger partial charge in [-0.25, -0.2) is 0 Å². The second kappa shape index (κ2) is 3.08. The van der Waals surface area contributed by atoms with E-state index in [-0.39, 0.29) is 0 Å². The molecule has 1 aliphatic rings. The van der Waals surface area contributed by atoms with Gasteiger partial charge in [0.1, 0.15) is 0 Å². The molecule has 0 aromatic rings. The molecule has 0 aromatic heterocycles. The van der Waals surface area contributed by atoms with Gasteiger partial charge in [0, 0.05) is 6.42 Å². The highest BCUT2D eigenvalue weighted by molar-refractivity contribution is 5.67. The summed E-state index contributed by atoms with van der Waals surface area (Å²) < 4.78 is 0. The minimum absolute atomic E-state index is 0.347. The van der Waals surface area contributed by atoms with Gasteiger partial charge in [-0.1, -0.05) is 20.8 Å². The summed E-state index contributed by atoms with van der Waals surface area (Å²) in [5, 5.41) is 8.63. The molecule has 0 unspecified atom stereocenters. The third-order valence-corrected chi connectivity index (χ3v) is 3.30. The Bertz CT molecular complexity index is 184. The SMILES string of the molecule is C[C@@H]1C[C@H](CC(=O)O)CC1(C)C. The van der Waals surface area contributed by atoms with E-state index in [2.05, 4.69) is 20.8 Å². The topological polar surface area (TPSA) is 37.3 Å². The normalized spacial score (nSPS) is 33.6. The van der Waals surface area contributed by atoms with Crippen molar-refractivity contribution < 1.29 is 9.90 Å². The monoisotopic (exact) mass is 170 g/mol. The number of carbonyl (C=O) groups is 1. The van der Waals surface area contributed by atoms with Crippen molar-refractivity contribution in [1.29, 1.82) is 0 Å². The van der Waals surface area contributed by atoms with Crippen molar-refractivity contribution in [1.82, 2.24) is 0 Å². The lowest BCUT2D eigenvalue weighted by molar-refractivity contribution is -0.138. The van der Waals surface area contributed by atoms with Crippen molar-refractivity contribution in [2.24, 2.45) is 17.3 Å². The summed E-state index contributed by atoms with van der Waals surface area (Å²) in [6.45, 7) is 6.70. The zero-order chi connectivity index (χ0) is 9.35. The average Bonchev–Trinajstić information content (AvgIpc) is 2.04. The quantitative estimate of drug-likeness (QED) is 0.691. The minimum atomic E-state index is -0.648. The highest BCUT2D eigenvalue weighted by Crippen LogP contribution is 2.46. The first-order chi connectivity index (χ1) is 5.42. The first-order valence-corrected chi connectivity index (χ1v) is 4.63. The Morgan fingerprint density at radius 3 is 2.50 bits per heavy atom. The van der Waals surface area contributed by atoms with Gasteiger partial charge in [-0.2, -0.15) is 0 Å². The molecule has 70 valence electrons. The number of aliphatic carboxylic acids is 1. The van der Waals surface area contributed by atoms with Crippen LogP contribution >= 0.6 is 0 Å². The molecule has 1 saturated carbocycles. The molecule has 0 aliphatic heterocycles. The van der Waals surface area contributed by atoms with Gasteiger partial charge in [-0.15, -0.1) is 0 Å². The fourth-order valence-electron chi connectivity index (χ4n) is 2.25. The number of carboxylic acids is 1. The zero-order valence-electron chi connectivity index (χ0n) is 8.13. The molecule has 1 fully saturated rings. The molecule has 0 saturated heterocycles. The van der Waals surface area contributed by atoms with Gasteiger partial charge < -0.3 is 5.11 Å². The number of carboxylic acid groups (broad SMARTS) is 1. The minimum Gasteiger partial charge on any atom is -0.481 e. The molecule has 2 heteroatoms.